The van der Waals surface area contributed by atoms with Gasteiger partial charge in [-0.3, -0.25) is 4.79 Å². The fourth-order valence-electron chi connectivity index (χ4n) is 2.84. The summed E-state index contributed by atoms with van der Waals surface area (Å²) in [4.78, 5) is 25.2. The first-order valence-electron chi connectivity index (χ1n) is 7.47. The third kappa shape index (κ3) is 3.98. The van der Waals surface area contributed by atoms with Crippen LogP contribution < -0.4 is 14.7 Å². The second kappa shape index (κ2) is 7.26. The largest absolute Gasteiger partial charge is 0.550 e. The number of nitrogens with one attached hydrogen (secondary N) is 1. The molecule has 0 saturated carbocycles. The van der Waals surface area contributed by atoms with Crippen molar-refractivity contribution in [3.8, 4) is 5.75 Å². The summed E-state index contributed by atoms with van der Waals surface area (Å²) in [5.74, 6) is -0.828. The molecule has 0 aliphatic carbocycles. The molecule has 120 valence electrons. The number of quaternary nitrogens is 1. The fraction of sp³-hybridized carbons (Fsp3) is 0.500. The number of carbonyl (C=O) groups is 2. The number of amides is 1. The zero-order valence-electron chi connectivity index (χ0n) is 13.0. The fourth-order valence-corrected chi connectivity index (χ4v) is 2.84. The first kappa shape index (κ1) is 16.3. The smallest absolute Gasteiger partial charge is 0.228 e. The lowest BCUT2D eigenvalue weighted by atomic mass is 10.1. The molecule has 1 aromatic rings. The van der Waals surface area contributed by atoms with Crippen LogP contribution in [-0.4, -0.2) is 50.1 Å². The van der Waals surface area contributed by atoms with Gasteiger partial charge in [-0.05, 0) is 31.2 Å². The van der Waals surface area contributed by atoms with Crippen molar-refractivity contribution in [1.29, 1.82) is 0 Å². The number of hydrogen-bond acceptors (Lipinski definition) is 4. The van der Waals surface area contributed by atoms with Crippen LogP contribution >= 0.6 is 0 Å². The molecule has 1 saturated heterocycles. The van der Waals surface area contributed by atoms with Gasteiger partial charge in [-0.15, -0.1) is 0 Å². The average Bonchev–Trinajstić information content (AvgIpc) is 2.54. The predicted octanol–water partition coefficient (Wildman–Crippen LogP) is -1.38. The van der Waals surface area contributed by atoms with Gasteiger partial charge in [0, 0.05) is 5.56 Å². The molecular formula is C16H22N2O4. The minimum absolute atomic E-state index is 0.323. The minimum Gasteiger partial charge on any atom is -0.550 e. The summed E-state index contributed by atoms with van der Waals surface area (Å²) in [5, 5.41) is 10.5. The standard InChI is InChI=1S/C16H22N2O4/c1-12(13-3-5-14(22-2)6-4-13)17-7-9-18(10-8-17)15(19)11-16(20)21/h3-6,12H,7-11H2,1-2H3,(H,20,21)/t12-/m1/s1. The normalized spacial score (nSPS) is 17.1. The molecule has 2 rings (SSSR count). The molecule has 6 nitrogen and oxygen atoms in total. The average molecular weight is 306 g/mol. The summed E-state index contributed by atoms with van der Waals surface area (Å²) in [7, 11) is 1.65. The number of carbonyl (C=O) groups excluding carboxylic acids is 2. The second-order valence-corrected chi connectivity index (χ2v) is 5.58. The van der Waals surface area contributed by atoms with Crippen molar-refractivity contribution in [2.75, 3.05) is 33.3 Å². The monoisotopic (exact) mass is 306 g/mol. The molecule has 6 heteroatoms. The minimum atomic E-state index is -1.31. The molecule has 0 spiro atoms. The molecule has 0 unspecified atom stereocenters. The molecule has 1 aliphatic rings. The number of nitrogens with zero attached hydrogens (tertiary/aromatic N) is 1. The van der Waals surface area contributed by atoms with Crippen molar-refractivity contribution >= 4 is 11.9 Å². The van der Waals surface area contributed by atoms with Crippen molar-refractivity contribution < 1.29 is 24.3 Å². The lowest BCUT2D eigenvalue weighted by molar-refractivity contribution is -0.933. The second-order valence-electron chi connectivity index (χ2n) is 5.58. The number of hydrogen-bond donors (Lipinski definition) is 1. The third-order valence-corrected chi connectivity index (χ3v) is 4.28. The quantitative estimate of drug-likeness (QED) is 0.681. The Morgan fingerprint density at radius 3 is 2.36 bits per heavy atom. The molecule has 1 heterocycles. The molecule has 22 heavy (non-hydrogen) atoms. The predicted molar refractivity (Wildman–Crippen MR) is 78.3 cm³/mol. The molecule has 0 radical (unpaired) electrons. The van der Waals surface area contributed by atoms with E-state index in [4.69, 9.17) is 4.74 Å². The van der Waals surface area contributed by atoms with E-state index in [1.54, 1.807) is 12.0 Å². The molecule has 1 aromatic carbocycles. The van der Waals surface area contributed by atoms with Gasteiger partial charge in [0.05, 0.1) is 45.7 Å². The molecule has 1 fully saturated rings. The molecule has 1 N–H and O–H groups in total. The van der Waals surface area contributed by atoms with Crippen LogP contribution in [0, 0.1) is 0 Å². The highest BCUT2D eigenvalue weighted by molar-refractivity contribution is 5.92. The lowest BCUT2D eigenvalue weighted by Gasteiger charge is -2.35. The summed E-state index contributed by atoms with van der Waals surface area (Å²) < 4.78 is 5.16. The van der Waals surface area contributed by atoms with Gasteiger partial charge in [0.15, 0.2) is 0 Å². The van der Waals surface area contributed by atoms with Gasteiger partial charge in [0.25, 0.3) is 0 Å². The van der Waals surface area contributed by atoms with Crippen molar-refractivity contribution in [2.45, 2.75) is 19.4 Å². The first-order chi connectivity index (χ1) is 10.5. The van der Waals surface area contributed by atoms with Crippen LogP contribution in [0.3, 0.4) is 0 Å². The molecule has 1 aliphatic heterocycles. The van der Waals surface area contributed by atoms with Crippen molar-refractivity contribution in [2.24, 2.45) is 0 Å². The van der Waals surface area contributed by atoms with Gasteiger partial charge in [-0.1, -0.05) is 0 Å². The number of rotatable bonds is 5. The number of benzene rings is 1. The zero-order valence-corrected chi connectivity index (χ0v) is 13.0. The summed E-state index contributed by atoms with van der Waals surface area (Å²) in [6.45, 7) is 4.96. The molecule has 1 amide bonds. The van der Waals surface area contributed by atoms with E-state index in [2.05, 4.69) is 19.1 Å². The number of piperazine rings is 1. The van der Waals surface area contributed by atoms with E-state index in [1.807, 2.05) is 12.1 Å². The van der Waals surface area contributed by atoms with Crippen LogP contribution in [-0.2, 0) is 9.59 Å². The van der Waals surface area contributed by atoms with E-state index in [1.165, 1.54) is 10.5 Å². The number of carboxylic acid groups (broad SMARTS) is 1. The Bertz CT molecular complexity index is 521. The Kier molecular flexibility index (Phi) is 5.38. The van der Waals surface area contributed by atoms with Gasteiger partial charge in [0.1, 0.15) is 11.8 Å². The van der Waals surface area contributed by atoms with E-state index >= 15 is 0 Å². The zero-order chi connectivity index (χ0) is 16.1. The topological polar surface area (TPSA) is 74.1 Å². The molecule has 0 bridgehead atoms. The van der Waals surface area contributed by atoms with Crippen molar-refractivity contribution in [1.82, 2.24) is 4.90 Å². The Labute approximate surface area is 130 Å². The van der Waals surface area contributed by atoms with E-state index < -0.39 is 12.4 Å². The van der Waals surface area contributed by atoms with E-state index in [9.17, 15) is 14.7 Å². The number of carboxylic acids is 1. The highest BCUT2D eigenvalue weighted by atomic mass is 16.5. The van der Waals surface area contributed by atoms with Gasteiger partial charge in [0.2, 0.25) is 5.91 Å². The van der Waals surface area contributed by atoms with E-state index in [-0.39, 0.29) is 5.91 Å². The first-order valence-corrected chi connectivity index (χ1v) is 7.47. The molecule has 1 atom stereocenters. The Hall–Kier alpha value is -2.08. The van der Waals surface area contributed by atoms with Gasteiger partial charge in [-0.25, -0.2) is 0 Å². The third-order valence-electron chi connectivity index (χ3n) is 4.28. The highest BCUT2D eigenvalue weighted by Gasteiger charge is 2.27. The van der Waals surface area contributed by atoms with Crippen molar-refractivity contribution in [3.63, 3.8) is 0 Å². The van der Waals surface area contributed by atoms with E-state index in [0.717, 1.165) is 18.8 Å². The molecular weight excluding hydrogens is 284 g/mol. The van der Waals surface area contributed by atoms with Crippen molar-refractivity contribution in [3.05, 3.63) is 29.8 Å². The highest BCUT2D eigenvalue weighted by Crippen LogP contribution is 2.15. The lowest BCUT2D eigenvalue weighted by Crippen LogP contribution is -3.14. The maximum Gasteiger partial charge on any atom is 0.228 e. The van der Waals surface area contributed by atoms with Gasteiger partial charge < -0.3 is 24.4 Å². The van der Waals surface area contributed by atoms with Crippen LogP contribution in [0.5, 0.6) is 5.75 Å². The summed E-state index contributed by atoms with van der Waals surface area (Å²) in [5.41, 5.74) is 1.23. The Balaban J connectivity index is 1.90. The van der Waals surface area contributed by atoms with Crippen LogP contribution in [0.1, 0.15) is 24.9 Å². The molecule has 0 aromatic heterocycles. The maximum atomic E-state index is 11.7. The van der Waals surface area contributed by atoms with Crippen LogP contribution in [0.2, 0.25) is 0 Å². The Morgan fingerprint density at radius 1 is 1.27 bits per heavy atom. The SMILES string of the molecule is COc1ccc([C@@H](C)[NH+]2CCN(C(=O)CC(=O)[O-])CC2)cc1. The summed E-state index contributed by atoms with van der Waals surface area (Å²) in [6.07, 6.45) is -0.524. The Morgan fingerprint density at radius 2 is 1.86 bits per heavy atom. The number of aliphatic carboxylic acids is 1. The van der Waals surface area contributed by atoms with Crippen LogP contribution in [0.25, 0.3) is 0 Å². The number of methoxy groups -OCH3 is 1. The van der Waals surface area contributed by atoms with Crippen LogP contribution in [0.15, 0.2) is 24.3 Å². The maximum absolute atomic E-state index is 11.7. The van der Waals surface area contributed by atoms with E-state index in [0.29, 0.717) is 19.1 Å². The number of ether oxygens (including phenoxy) is 1. The van der Waals surface area contributed by atoms with Gasteiger partial charge >= 0.3 is 0 Å². The van der Waals surface area contributed by atoms with Gasteiger partial charge in [-0.2, -0.15) is 0 Å². The summed E-state index contributed by atoms with van der Waals surface area (Å²) in [6, 6.07) is 8.34. The van der Waals surface area contributed by atoms with Crippen LogP contribution in [0.4, 0.5) is 0 Å². The summed E-state index contributed by atoms with van der Waals surface area (Å²) >= 11 is 0.